The molecule has 0 bridgehead atoms. The molecule has 0 atom stereocenters. The smallest absolute Gasteiger partial charge is 0.270 e. The minimum Gasteiger partial charge on any atom is -0.398 e. The van der Waals surface area contributed by atoms with E-state index in [0.717, 1.165) is 6.07 Å². The Kier molecular flexibility index (Phi) is 5.06. The van der Waals surface area contributed by atoms with Gasteiger partial charge in [0.05, 0.1) is 17.1 Å². The zero-order chi connectivity index (χ0) is 13.5. The maximum atomic E-state index is 11.7. The summed E-state index contributed by atoms with van der Waals surface area (Å²) in [6.07, 6.45) is 0. The quantitative estimate of drug-likeness (QED) is 0.339. The van der Waals surface area contributed by atoms with Gasteiger partial charge in [0.15, 0.2) is 0 Å². The monoisotopic (exact) mass is 253 g/mol. The summed E-state index contributed by atoms with van der Waals surface area (Å²) in [5.74, 6) is -0.448. The maximum Gasteiger partial charge on any atom is 0.270 e. The fraction of sp³-hybridized carbons (Fsp3) is 0.364. The molecular weight excluding hydrogens is 238 g/mol. The van der Waals surface area contributed by atoms with Crippen LogP contribution in [0, 0.1) is 10.1 Å². The van der Waals surface area contributed by atoms with Crippen molar-refractivity contribution in [3.63, 3.8) is 0 Å². The SMILES string of the molecule is CCOCCNC(=O)c1cc([N+](=O)[O-])ccc1N. The molecule has 98 valence electrons. The lowest BCUT2D eigenvalue weighted by molar-refractivity contribution is -0.384. The number of carbonyl (C=O) groups excluding carboxylic acids is 1. The number of hydrogen-bond acceptors (Lipinski definition) is 5. The first-order chi connectivity index (χ1) is 8.56. The molecule has 3 N–H and O–H groups in total. The number of nitro groups is 1. The van der Waals surface area contributed by atoms with E-state index in [2.05, 4.69) is 5.32 Å². The number of carbonyl (C=O) groups is 1. The Morgan fingerprint density at radius 3 is 2.89 bits per heavy atom. The van der Waals surface area contributed by atoms with E-state index in [1.807, 2.05) is 6.92 Å². The van der Waals surface area contributed by atoms with Crippen LogP contribution in [0.2, 0.25) is 0 Å². The molecule has 0 aromatic heterocycles. The van der Waals surface area contributed by atoms with Crippen molar-refractivity contribution < 1.29 is 14.5 Å². The summed E-state index contributed by atoms with van der Waals surface area (Å²) in [7, 11) is 0. The van der Waals surface area contributed by atoms with E-state index in [0.29, 0.717) is 19.8 Å². The van der Waals surface area contributed by atoms with Gasteiger partial charge in [-0.2, -0.15) is 0 Å². The third-order valence-corrected chi connectivity index (χ3v) is 2.23. The van der Waals surface area contributed by atoms with E-state index in [4.69, 9.17) is 10.5 Å². The normalized spacial score (nSPS) is 10.1. The van der Waals surface area contributed by atoms with Crippen LogP contribution in [0.1, 0.15) is 17.3 Å². The highest BCUT2D eigenvalue weighted by molar-refractivity contribution is 5.99. The van der Waals surface area contributed by atoms with Crippen LogP contribution in [0.4, 0.5) is 11.4 Å². The lowest BCUT2D eigenvalue weighted by atomic mass is 10.1. The van der Waals surface area contributed by atoms with Gasteiger partial charge in [-0.25, -0.2) is 0 Å². The Hall–Kier alpha value is -2.15. The van der Waals surface area contributed by atoms with E-state index >= 15 is 0 Å². The number of non-ortho nitro benzene ring substituents is 1. The van der Waals surface area contributed by atoms with Gasteiger partial charge in [0, 0.05) is 31.0 Å². The minimum atomic E-state index is -0.573. The minimum absolute atomic E-state index is 0.0979. The van der Waals surface area contributed by atoms with E-state index < -0.39 is 10.8 Å². The number of hydrogen-bond donors (Lipinski definition) is 2. The standard InChI is InChI=1S/C11H15N3O4/c1-2-18-6-5-13-11(15)9-7-8(14(16)17)3-4-10(9)12/h3-4,7H,2,5-6,12H2,1H3,(H,13,15). The molecule has 0 aliphatic carbocycles. The number of nitrogens with zero attached hydrogens (tertiary/aromatic N) is 1. The molecular formula is C11H15N3O4. The molecule has 1 rings (SSSR count). The second kappa shape index (κ2) is 6.55. The van der Waals surface area contributed by atoms with E-state index in [-0.39, 0.29) is 16.9 Å². The molecule has 0 saturated carbocycles. The zero-order valence-electron chi connectivity index (χ0n) is 10.0. The average molecular weight is 253 g/mol. The number of nitro benzene ring substituents is 1. The van der Waals surface area contributed by atoms with Gasteiger partial charge >= 0.3 is 0 Å². The van der Waals surface area contributed by atoms with E-state index in [1.54, 1.807) is 0 Å². The Labute approximate surface area is 104 Å². The average Bonchev–Trinajstić information content (AvgIpc) is 2.34. The number of nitrogens with one attached hydrogen (secondary N) is 1. The summed E-state index contributed by atoms with van der Waals surface area (Å²) < 4.78 is 5.06. The van der Waals surface area contributed by atoms with E-state index in [9.17, 15) is 14.9 Å². The fourth-order valence-electron chi connectivity index (χ4n) is 1.33. The summed E-state index contributed by atoms with van der Waals surface area (Å²) in [5.41, 5.74) is 5.74. The molecule has 0 aliphatic heterocycles. The van der Waals surface area contributed by atoms with Crippen molar-refractivity contribution in [3.05, 3.63) is 33.9 Å². The Morgan fingerprint density at radius 2 is 2.28 bits per heavy atom. The first-order valence-electron chi connectivity index (χ1n) is 5.46. The van der Waals surface area contributed by atoms with Crippen molar-refractivity contribution in [3.8, 4) is 0 Å². The molecule has 0 saturated heterocycles. The molecule has 1 amide bonds. The van der Waals surface area contributed by atoms with Crippen molar-refractivity contribution in [1.29, 1.82) is 0 Å². The van der Waals surface area contributed by atoms with Gasteiger partial charge in [-0.1, -0.05) is 0 Å². The maximum absolute atomic E-state index is 11.7. The number of ether oxygens (including phenoxy) is 1. The van der Waals surface area contributed by atoms with Gasteiger partial charge in [-0.3, -0.25) is 14.9 Å². The molecule has 0 spiro atoms. The van der Waals surface area contributed by atoms with Crippen molar-refractivity contribution in [2.75, 3.05) is 25.5 Å². The van der Waals surface area contributed by atoms with Gasteiger partial charge in [-0.15, -0.1) is 0 Å². The summed E-state index contributed by atoms with van der Waals surface area (Å²) in [6, 6.07) is 3.76. The molecule has 0 aliphatic rings. The second-order valence-corrected chi connectivity index (χ2v) is 3.48. The number of anilines is 1. The van der Waals surface area contributed by atoms with Crippen LogP contribution < -0.4 is 11.1 Å². The largest absolute Gasteiger partial charge is 0.398 e. The third-order valence-electron chi connectivity index (χ3n) is 2.23. The molecule has 7 heteroatoms. The van der Waals surface area contributed by atoms with Gasteiger partial charge in [0.25, 0.3) is 11.6 Å². The van der Waals surface area contributed by atoms with Crippen LogP contribution in [-0.2, 0) is 4.74 Å². The van der Waals surface area contributed by atoms with Gasteiger partial charge < -0.3 is 15.8 Å². The first-order valence-corrected chi connectivity index (χ1v) is 5.46. The lowest BCUT2D eigenvalue weighted by Crippen LogP contribution is -2.28. The number of nitrogen functional groups attached to an aromatic ring is 1. The molecule has 0 radical (unpaired) electrons. The second-order valence-electron chi connectivity index (χ2n) is 3.48. The van der Waals surface area contributed by atoms with Crippen LogP contribution >= 0.6 is 0 Å². The Bertz CT molecular complexity index is 448. The van der Waals surface area contributed by atoms with Crippen molar-refractivity contribution in [2.24, 2.45) is 0 Å². The van der Waals surface area contributed by atoms with Crippen molar-refractivity contribution in [2.45, 2.75) is 6.92 Å². The Balaban J connectivity index is 2.72. The van der Waals surface area contributed by atoms with Crippen LogP contribution in [-0.4, -0.2) is 30.6 Å². The van der Waals surface area contributed by atoms with Crippen LogP contribution in [0.25, 0.3) is 0 Å². The summed E-state index contributed by atoms with van der Waals surface area (Å²) in [5, 5.41) is 13.2. The number of nitrogens with two attached hydrogens (primary N) is 1. The topological polar surface area (TPSA) is 107 Å². The summed E-state index contributed by atoms with van der Waals surface area (Å²) in [6.45, 7) is 3.13. The predicted octanol–water partition coefficient (Wildman–Crippen LogP) is 0.943. The lowest BCUT2D eigenvalue weighted by Gasteiger charge is -2.07. The first kappa shape index (κ1) is 13.9. The third kappa shape index (κ3) is 3.70. The van der Waals surface area contributed by atoms with Crippen LogP contribution in [0.5, 0.6) is 0 Å². The molecule has 0 fully saturated rings. The number of rotatable bonds is 6. The number of benzene rings is 1. The molecule has 1 aromatic carbocycles. The Morgan fingerprint density at radius 1 is 1.56 bits per heavy atom. The van der Waals surface area contributed by atoms with Gasteiger partial charge in [0.1, 0.15) is 0 Å². The van der Waals surface area contributed by atoms with Crippen LogP contribution in [0.15, 0.2) is 18.2 Å². The van der Waals surface area contributed by atoms with Gasteiger partial charge in [-0.05, 0) is 13.0 Å². The summed E-state index contributed by atoms with van der Waals surface area (Å²) >= 11 is 0. The highest BCUT2D eigenvalue weighted by atomic mass is 16.6. The van der Waals surface area contributed by atoms with E-state index in [1.165, 1.54) is 12.1 Å². The van der Waals surface area contributed by atoms with Crippen molar-refractivity contribution in [1.82, 2.24) is 5.32 Å². The molecule has 0 unspecified atom stereocenters. The predicted molar refractivity (Wildman–Crippen MR) is 66.3 cm³/mol. The summed E-state index contributed by atoms with van der Waals surface area (Å²) in [4.78, 5) is 21.8. The molecule has 1 aromatic rings. The van der Waals surface area contributed by atoms with Crippen LogP contribution in [0.3, 0.4) is 0 Å². The highest BCUT2D eigenvalue weighted by Crippen LogP contribution is 2.19. The van der Waals surface area contributed by atoms with Crippen molar-refractivity contribution >= 4 is 17.3 Å². The fourth-order valence-corrected chi connectivity index (χ4v) is 1.33. The van der Waals surface area contributed by atoms with Gasteiger partial charge in [0.2, 0.25) is 0 Å². The molecule has 0 heterocycles. The highest BCUT2D eigenvalue weighted by Gasteiger charge is 2.14. The molecule has 7 nitrogen and oxygen atoms in total. The molecule has 18 heavy (non-hydrogen) atoms. The zero-order valence-corrected chi connectivity index (χ0v) is 10.0. The number of amides is 1.